The summed E-state index contributed by atoms with van der Waals surface area (Å²) in [5.41, 5.74) is 5.42. The van der Waals surface area contributed by atoms with Crippen LogP contribution in [0.2, 0.25) is 0 Å². The van der Waals surface area contributed by atoms with Crippen molar-refractivity contribution in [1.82, 2.24) is 5.32 Å². The zero-order valence-corrected chi connectivity index (χ0v) is 11.9. The first-order chi connectivity index (χ1) is 7.55. The number of hydrogen-bond donors (Lipinski definition) is 2. The molecule has 1 aliphatic carbocycles. The topological polar surface area (TPSA) is 68.3 Å². The molecule has 1 heterocycles. The van der Waals surface area contributed by atoms with Crippen molar-refractivity contribution in [3.05, 3.63) is 22.6 Å². The molecule has 1 saturated carbocycles. The number of halogens is 2. The fourth-order valence-corrected chi connectivity index (χ4v) is 2.10. The van der Waals surface area contributed by atoms with Crippen molar-refractivity contribution in [1.29, 1.82) is 0 Å². The summed E-state index contributed by atoms with van der Waals surface area (Å²) in [6.45, 7) is 2.44. The minimum absolute atomic E-state index is 0. The second-order valence-corrected chi connectivity index (χ2v) is 5.24. The first kappa shape index (κ1) is 14.5. The Labute approximate surface area is 115 Å². The first-order valence-electron chi connectivity index (χ1n) is 5.33. The van der Waals surface area contributed by atoms with Crippen molar-refractivity contribution in [2.45, 2.75) is 25.3 Å². The molecule has 96 valence electrons. The number of furan rings is 1. The lowest BCUT2D eigenvalue weighted by molar-refractivity contribution is 0.0868. The van der Waals surface area contributed by atoms with Gasteiger partial charge < -0.3 is 15.5 Å². The highest BCUT2D eigenvalue weighted by Gasteiger charge is 2.41. The number of nitrogens with two attached hydrogens (primary N) is 1. The molecular weight excluding hydrogens is 307 g/mol. The predicted octanol–water partition coefficient (Wildman–Crippen LogP) is 2.32. The molecule has 4 nitrogen and oxygen atoms in total. The summed E-state index contributed by atoms with van der Waals surface area (Å²) < 4.78 is 5.75. The maximum Gasteiger partial charge on any atom is 0.287 e. The van der Waals surface area contributed by atoms with Crippen LogP contribution in [0.15, 0.2) is 21.2 Å². The SMILES string of the molecule is CC(CN)(NC(=O)c1ccc(Br)o1)C1CC1.Cl. The monoisotopic (exact) mass is 322 g/mol. The zero-order chi connectivity index (χ0) is 11.8. The zero-order valence-electron chi connectivity index (χ0n) is 9.53. The largest absolute Gasteiger partial charge is 0.444 e. The quantitative estimate of drug-likeness (QED) is 0.893. The third-order valence-corrected chi connectivity index (χ3v) is 3.52. The Hall–Kier alpha value is -0.520. The number of hydrogen-bond acceptors (Lipinski definition) is 3. The number of amides is 1. The van der Waals surface area contributed by atoms with Gasteiger partial charge in [0.05, 0.1) is 5.54 Å². The van der Waals surface area contributed by atoms with E-state index < -0.39 is 0 Å². The van der Waals surface area contributed by atoms with Crippen molar-refractivity contribution in [2.24, 2.45) is 11.7 Å². The van der Waals surface area contributed by atoms with E-state index in [-0.39, 0.29) is 23.9 Å². The summed E-state index contributed by atoms with van der Waals surface area (Å²) in [5.74, 6) is 0.609. The summed E-state index contributed by atoms with van der Waals surface area (Å²) in [7, 11) is 0. The predicted molar refractivity (Wildman–Crippen MR) is 71.3 cm³/mol. The standard InChI is InChI=1S/C11H15BrN2O2.ClH/c1-11(6-13,7-2-3-7)14-10(15)8-4-5-9(12)16-8;/h4-5,7H,2-3,6,13H2,1H3,(H,14,15);1H. The lowest BCUT2D eigenvalue weighted by atomic mass is 9.96. The molecule has 1 aromatic rings. The average molecular weight is 324 g/mol. The van der Waals surface area contributed by atoms with Crippen molar-refractivity contribution in [2.75, 3.05) is 6.54 Å². The molecule has 1 aliphatic rings. The number of carbonyl (C=O) groups excluding carboxylic acids is 1. The average Bonchev–Trinajstić information content (AvgIpc) is 3.02. The molecule has 1 unspecified atom stereocenters. The maximum atomic E-state index is 11.9. The Morgan fingerprint density at radius 2 is 2.29 bits per heavy atom. The van der Waals surface area contributed by atoms with E-state index in [0.29, 0.717) is 22.9 Å². The van der Waals surface area contributed by atoms with Crippen LogP contribution in [-0.2, 0) is 0 Å². The van der Waals surface area contributed by atoms with Crippen LogP contribution < -0.4 is 11.1 Å². The Morgan fingerprint density at radius 3 is 2.71 bits per heavy atom. The Morgan fingerprint density at radius 1 is 1.65 bits per heavy atom. The minimum Gasteiger partial charge on any atom is -0.444 e. The van der Waals surface area contributed by atoms with Gasteiger partial charge in [0.2, 0.25) is 0 Å². The van der Waals surface area contributed by atoms with Gasteiger partial charge in [0.1, 0.15) is 0 Å². The molecule has 0 bridgehead atoms. The van der Waals surface area contributed by atoms with Crippen LogP contribution in [0.4, 0.5) is 0 Å². The van der Waals surface area contributed by atoms with Crippen LogP contribution in [0.1, 0.15) is 30.3 Å². The van der Waals surface area contributed by atoms with Gasteiger partial charge in [-0.3, -0.25) is 4.79 Å². The molecule has 2 rings (SSSR count). The maximum absolute atomic E-state index is 11.9. The number of nitrogens with one attached hydrogen (secondary N) is 1. The van der Waals surface area contributed by atoms with Gasteiger partial charge in [0.25, 0.3) is 5.91 Å². The van der Waals surface area contributed by atoms with Gasteiger partial charge in [-0.2, -0.15) is 0 Å². The second-order valence-electron chi connectivity index (χ2n) is 4.45. The summed E-state index contributed by atoms with van der Waals surface area (Å²) in [4.78, 5) is 11.9. The van der Waals surface area contributed by atoms with Crippen LogP contribution in [0.5, 0.6) is 0 Å². The van der Waals surface area contributed by atoms with Gasteiger partial charge in [-0.15, -0.1) is 12.4 Å². The molecular formula is C11H16BrClN2O2. The molecule has 1 fully saturated rings. The molecule has 0 aliphatic heterocycles. The highest BCUT2D eigenvalue weighted by atomic mass is 79.9. The molecule has 0 aromatic carbocycles. The van der Waals surface area contributed by atoms with Gasteiger partial charge in [-0.1, -0.05) is 0 Å². The van der Waals surface area contributed by atoms with Crippen molar-refractivity contribution in [3.8, 4) is 0 Å². The third-order valence-electron chi connectivity index (χ3n) is 3.10. The normalized spacial score (nSPS) is 18.1. The van der Waals surface area contributed by atoms with E-state index in [0.717, 1.165) is 12.8 Å². The summed E-state index contributed by atoms with van der Waals surface area (Å²) in [5, 5.41) is 2.96. The van der Waals surface area contributed by atoms with Gasteiger partial charge in [0.15, 0.2) is 10.4 Å². The summed E-state index contributed by atoms with van der Waals surface area (Å²) in [6.07, 6.45) is 2.27. The van der Waals surface area contributed by atoms with Gasteiger partial charge >= 0.3 is 0 Å². The van der Waals surface area contributed by atoms with E-state index in [1.54, 1.807) is 12.1 Å². The van der Waals surface area contributed by atoms with Crippen LogP contribution in [-0.4, -0.2) is 18.0 Å². The fourth-order valence-electron chi connectivity index (χ4n) is 1.80. The fraction of sp³-hybridized carbons (Fsp3) is 0.545. The van der Waals surface area contributed by atoms with E-state index in [1.807, 2.05) is 6.92 Å². The van der Waals surface area contributed by atoms with E-state index in [9.17, 15) is 4.79 Å². The molecule has 3 N–H and O–H groups in total. The highest BCUT2D eigenvalue weighted by molar-refractivity contribution is 9.10. The molecule has 0 radical (unpaired) electrons. The lowest BCUT2D eigenvalue weighted by Crippen LogP contribution is -2.53. The Bertz CT molecular complexity index is 406. The smallest absolute Gasteiger partial charge is 0.287 e. The van der Waals surface area contributed by atoms with Crippen molar-refractivity contribution >= 4 is 34.2 Å². The van der Waals surface area contributed by atoms with Crippen LogP contribution >= 0.6 is 28.3 Å². The molecule has 17 heavy (non-hydrogen) atoms. The Balaban J connectivity index is 0.00000144. The molecule has 1 atom stereocenters. The van der Waals surface area contributed by atoms with E-state index in [4.69, 9.17) is 10.2 Å². The number of carbonyl (C=O) groups is 1. The van der Waals surface area contributed by atoms with E-state index in [1.165, 1.54) is 0 Å². The second kappa shape index (κ2) is 5.42. The van der Waals surface area contributed by atoms with Gasteiger partial charge in [-0.05, 0) is 53.7 Å². The van der Waals surface area contributed by atoms with E-state index in [2.05, 4.69) is 21.2 Å². The molecule has 0 spiro atoms. The lowest BCUT2D eigenvalue weighted by Gasteiger charge is -2.28. The summed E-state index contributed by atoms with van der Waals surface area (Å²) in [6, 6.07) is 3.34. The molecule has 0 saturated heterocycles. The minimum atomic E-state index is -0.309. The third kappa shape index (κ3) is 3.24. The first-order valence-corrected chi connectivity index (χ1v) is 6.12. The van der Waals surface area contributed by atoms with Gasteiger partial charge in [0, 0.05) is 6.54 Å². The Kier molecular flexibility index (Phi) is 4.63. The van der Waals surface area contributed by atoms with E-state index >= 15 is 0 Å². The van der Waals surface area contributed by atoms with Gasteiger partial charge in [-0.25, -0.2) is 0 Å². The van der Waals surface area contributed by atoms with Crippen LogP contribution in [0.25, 0.3) is 0 Å². The summed E-state index contributed by atoms with van der Waals surface area (Å²) >= 11 is 3.17. The van der Waals surface area contributed by atoms with Crippen LogP contribution in [0.3, 0.4) is 0 Å². The highest BCUT2D eigenvalue weighted by Crippen LogP contribution is 2.39. The molecule has 6 heteroatoms. The number of rotatable bonds is 4. The van der Waals surface area contributed by atoms with Crippen molar-refractivity contribution in [3.63, 3.8) is 0 Å². The molecule has 1 aromatic heterocycles. The van der Waals surface area contributed by atoms with Crippen molar-refractivity contribution < 1.29 is 9.21 Å². The van der Waals surface area contributed by atoms with Crippen LogP contribution in [0, 0.1) is 5.92 Å². The molecule has 1 amide bonds.